The summed E-state index contributed by atoms with van der Waals surface area (Å²) in [5.74, 6) is 0.501. The van der Waals surface area contributed by atoms with Crippen molar-refractivity contribution in [2.75, 3.05) is 0 Å². The standard InChI is InChI=1S/C10H21NO/c1-8(2)11-10(12)9-6-4-3-5-7-9/h8-12H,3-7H2,1-2H3. The van der Waals surface area contributed by atoms with E-state index in [-0.39, 0.29) is 6.23 Å². The molecule has 0 aromatic heterocycles. The van der Waals surface area contributed by atoms with Crippen LogP contribution in [0.25, 0.3) is 0 Å². The van der Waals surface area contributed by atoms with Gasteiger partial charge in [0.1, 0.15) is 6.23 Å². The zero-order valence-corrected chi connectivity index (χ0v) is 8.21. The summed E-state index contributed by atoms with van der Waals surface area (Å²) in [4.78, 5) is 0. The Labute approximate surface area is 75.4 Å². The Kier molecular flexibility index (Phi) is 4.02. The SMILES string of the molecule is CC(C)NC(O)C1CCCCC1. The molecule has 1 aliphatic carbocycles. The number of nitrogens with one attached hydrogen (secondary N) is 1. The fourth-order valence-electron chi connectivity index (χ4n) is 1.93. The van der Waals surface area contributed by atoms with E-state index in [4.69, 9.17) is 0 Å². The minimum Gasteiger partial charge on any atom is -0.378 e. The second kappa shape index (κ2) is 4.83. The maximum Gasteiger partial charge on any atom is 0.107 e. The van der Waals surface area contributed by atoms with E-state index in [9.17, 15) is 5.11 Å². The molecule has 0 bridgehead atoms. The predicted molar refractivity (Wildman–Crippen MR) is 50.9 cm³/mol. The fourth-order valence-corrected chi connectivity index (χ4v) is 1.93. The first-order valence-electron chi connectivity index (χ1n) is 5.14. The molecule has 0 amide bonds. The highest BCUT2D eigenvalue weighted by atomic mass is 16.3. The van der Waals surface area contributed by atoms with Gasteiger partial charge >= 0.3 is 0 Å². The maximum absolute atomic E-state index is 9.73. The normalized spacial score (nSPS) is 23.0. The predicted octanol–water partition coefficient (Wildman–Crippen LogP) is 1.88. The van der Waals surface area contributed by atoms with Gasteiger partial charge in [-0.1, -0.05) is 19.3 Å². The quantitative estimate of drug-likeness (QED) is 0.635. The zero-order valence-electron chi connectivity index (χ0n) is 8.21. The summed E-state index contributed by atoms with van der Waals surface area (Å²) in [6.07, 6.45) is 6.06. The average molecular weight is 171 g/mol. The van der Waals surface area contributed by atoms with Crippen LogP contribution in [0.1, 0.15) is 46.0 Å². The van der Waals surface area contributed by atoms with Crippen LogP contribution in [0.15, 0.2) is 0 Å². The third-order valence-electron chi connectivity index (χ3n) is 2.60. The Morgan fingerprint density at radius 3 is 2.25 bits per heavy atom. The van der Waals surface area contributed by atoms with E-state index in [0.29, 0.717) is 12.0 Å². The lowest BCUT2D eigenvalue weighted by molar-refractivity contribution is 0.0483. The van der Waals surface area contributed by atoms with E-state index in [1.807, 2.05) is 0 Å². The van der Waals surface area contributed by atoms with Crippen molar-refractivity contribution >= 4 is 0 Å². The molecule has 2 nitrogen and oxygen atoms in total. The van der Waals surface area contributed by atoms with Gasteiger partial charge in [0.15, 0.2) is 0 Å². The molecule has 0 radical (unpaired) electrons. The minimum absolute atomic E-state index is 0.273. The maximum atomic E-state index is 9.73. The monoisotopic (exact) mass is 171 g/mol. The van der Waals surface area contributed by atoms with E-state index >= 15 is 0 Å². The van der Waals surface area contributed by atoms with Crippen LogP contribution in [0.4, 0.5) is 0 Å². The molecular formula is C10H21NO. The van der Waals surface area contributed by atoms with Crippen LogP contribution < -0.4 is 5.32 Å². The van der Waals surface area contributed by atoms with Gasteiger partial charge in [-0.05, 0) is 32.6 Å². The smallest absolute Gasteiger partial charge is 0.107 e. The van der Waals surface area contributed by atoms with Crippen molar-refractivity contribution in [1.29, 1.82) is 0 Å². The zero-order chi connectivity index (χ0) is 8.97. The van der Waals surface area contributed by atoms with Gasteiger partial charge in [-0.2, -0.15) is 0 Å². The number of aliphatic hydroxyl groups excluding tert-OH is 1. The van der Waals surface area contributed by atoms with Crippen molar-refractivity contribution in [3.05, 3.63) is 0 Å². The first-order valence-corrected chi connectivity index (χ1v) is 5.14. The summed E-state index contributed by atoms with van der Waals surface area (Å²) in [6.45, 7) is 4.15. The first-order chi connectivity index (χ1) is 5.70. The van der Waals surface area contributed by atoms with Gasteiger partial charge in [0, 0.05) is 6.04 Å². The van der Waals surface area contributed by atoms with Gasteiger partial charge < -0.3 is 5.11 Å². The van der Waals surface area contributed by atoms with Crippen molar-refractivity contribution in [3.8, 4) is 0 Å². The van der Waals surface area contributed by atoms with E-state index in [0.717, 1.165) is 0 Å². The van der Waals surface area contributed by atoms with Crippen LogP contribution in [0.5, 0.6) is 0 Å². The number of hydrogen-bond acceptors (Lipinski definition) is 2. The Balaban J connectivity index is 2.24. The summed E-state index contributed by atoms with van der Waals surface area (Å²) in [7, 11) is 0. The lowest BCUT2D eigenvalue weighted by Crippen LogP contribution is -2.40. The van der Waals surface area contributed by atoms with Gasteiger partial charge in [-0.3, -0.25) is 5.32 Å². The lowest BCUT2D eigenvalue weighted by Gasteiger charge is -2.28. The van der Waals surface area contributed by atoms with Crippen molar-refractivity contribution in [1.82, 2.24) is 5.32 Å². The third-order valence-corrected chi connectivity index (χ3v) is 2.60. The molecule has 2 N–H and O–H groups in total. The lowest BCUT2D eigenvalue weighted by atomic mass is 9.88. The second-order valence-corrected chi connectivity index (χ2v) is 4.16. The molecule has 0 spiro atoms. The molecule has 0 saturated heterocycles. The van der Waals surface area contributed by atoms with Crippen LogP contribution >= 0.6 is 0 Å². The fraction of sp³-hybridized carbons (Fsp3) is 1.00. The number of rotatable bonds is 3. The molecule has 1 saturated carbocycles. The Morgan fingerprint density at radius 2 is 1.75 bits per heavy atom. The molecule has 72 valence electrons. The second-order valence-electron chi connectivity index (χ2n) is 4.16. The van der Waals surface area contributed by atoms with Crippen LogP contribution in [0, 0.1) is 5.92 Å². The van der Waals surface area contributed by atoms with Crippen LogP contribution in [0.3, 0.4) is 0 Å². The summed E-state index contributed by atoms with van der Waals surface area (Å²) < 4.78 is 0. The Hall–Kier alpha value is -0.0800. The average Bonchev–Trinajstić information content (AvgIpc) is 2.05. The molecule has 1 rings (SSSR count). The van der Waals surface area contributed by atoms with E-state index in [1.165, 1.54) is 32.1 Å². The van der Waals surface area contributed by atoms with Crippen molar-refractivity contribution < 1.29 is 5.11 Å². The van der Waals surface area contributed by atoms with Gasteiger partial charge in [-0.15, -0.1) is 0 Å². The van der Waals surface area contributed by atoms with Crippen molar-refractivity contribution in [2.45, 2.75) is 58.2 Å². The number of hydrogen-bond donors (Lipinski definition) is 2. The molecule has 1 aliphatic rings. The highest BCUT2D eigenvalue weighted by molar-refractivity contribution is 4.72. The van der Waals surface area contributed by atoms with E-state index in [2.05, 4.69) is 19.2 Å². The number of aliphatic hydroxyl groups is 1. The van der Waals surface area contributed by atoms with Crippen molar-refractivity contribution in [3.63, 3.8) is 0 Å². The molecule has 12 heavy (non-hydrogen) atoms. The van der Waals surface area contributed by atoms with Gasteiger partial charge in [0.2, 0.25) is 0 Å². The first kappa shape index (κ1) is 10.0. The molecule has 0 heterocycles. The van der Waals surface area contributed by atoms with Gasteiger partial charge in [0.05, 0.1) is 0 Å². The van der Waals surface area contributed by atoms with E-state index in [1.54, 1.807) is 0 Å². The van der Waals surface area contributed by atoms with Crippen LogP contribution in [-0.2, 0) is 0 Å². The molecular weight excluding hydrogens is 150 g/mol. The van der Waals surface area contributed by atoms with Crippen LogP contribution in [-0.4, -0.2) is 17.4 Å². The Morgan fingerprint density at radius 1 is 1.17 bits per heavy atom. The van der Waals surface area contributed by atoms with E-state index < -0.39 is 0 Å². The molecule has 1 atom stereocenters. The largest absolute Gasteiger partial charge is 0.378 e. The highest BCUT2D eigenvalue weighted by Gasteiger charge is 2.21. The summed E-state index contributed by atoms with van der Waals surface area (Å²) in [5.41, 5.74) is 0. The molecule has 0 aromatic carbocycles. The topological polar surface area (TPSA) is 32.3 Å². The van der Waals surface area contributed by atoms with Gasteiger partial charge in [-0.25, -0.2) is 0 Å². The summed E-state index contributed by atoms with van der Waals surface area (Å²) in [5, 5.41) is 12.9. The summed E-state index contributed by atoms with van der Waals surface area (Å²) >= 11 is 0. The molecule has 1 fully saturated rings. The minimum atomic E-state index is -0.273. The highest BCUT2D eigenvalue weighted by Crippen LogP contribution is 2.25. The molecule has 1 unspecified atom stereocenters. The van der Waals surface area contributed by atoms with Gasteiger partial charge in [0.25, 0.3) is 0 Å². The molecule has 0 aromatic rings. The summed E-state index contributed by atoms with van der Waals surface area (Å²) in [6, 6.07) is 0.391. The third kappa shape index (κ3) is 3.11. The molecule has 0 aliphatic heterocycles. The molecule has 2 heteroatoms. The van der Waals surface area contributed by atoms with Crippen molar-refractivity contribution in [2.24, 2.45) is 5.92 Å². The van der Waals surface area contributed by atoms with Crippen LogP contribution in [0.2, 0.25) is 0 Å². The Bertz CT molecular complexity index is 119.